The molecule has 0 aromatic carbocycles. The number of hydrogen-bond donors (Lipinski definition) is 2. The van der Waals surface area contributed by atoms with Gasteiger partial charge in [0.2, 0.25) is 0 Å². The van der Waals surface area contributed by atoms with Gasteiger partial charge in [0.15, 0.2) is 0 Å². The highest BCUT2D eigenvalue weighted by atomic mass is 32.2. The summed E-state index contributed by atoms with van der Waals surface area (Å²) in [7, 11) is 0. The summed E-state index contributed by atoms with van der Waals surface area (Å²) < 4.78 is 0.545. The van der Waals surface area contributed by atoms with E-state index >= 15 is 0 Å². The molecule has 1 heterocycles. The third kappa shape index (κ3) is 3.97. The molecule has 0 spiro atoms. The van der Waals surface area contributed by atoms with E-state index in [0.29, 0.717) is 4.75 Å². The van der Waals surface area contributed by atoms with Crippen molar-refractivity contribution in [2.45, 2.75) is 87.5 Å². The smallest absolute Gasteiger partial charge is 0.0281 e. The van der Waals surface area contributed by atoms with Crippen LogP contribution in [0.1, 0.15) is 70.6 Å². The molecule has 122 valence electrons. The summed E-state index contributed by atoms with van der Waals surface area (Å²) in [6.45, 7) is 2.50. The highest BCUT2D eigenvalue weighted by Gasteiger charge is 2.36. The summed E-state index contributed by atoms with van der Waals surface area (Å²) in [5.74, 6) is 0.892. The van der Waals surface area contributed by atoms with Crippen LogP contribution in [0.5, 0.6) is 0 Å². The van der Waals surface area contributed by atoms with Gasteiger partial charge in [-0.05, 0) is 57.2 Å². The maximum Gasteiger partial charge on any atom is 0.0281 e. The first-order valence-corrected chi connectivity index (χ1v) is 10.6. The molecule has 2 saturated carbocycles. The van der Waals surface area contributed by atoms with Crippen LogP contribution in [0.3, 0.4) is 0 Å². The quantitative estimate of drug-likeness (QED) is 0.804. The second-order valence-electron chi connectivity index (χ2n) is 7.59. The maximum atomic E-state index is 4.05. The Kier molecular flexibility index (Phi) is 5.92. The molecule has 2 aliphatic carbocycles. The summed E-state index contributed by atoms with van der Waals surface area (Å²) in [5.41, 5.74) is 0. The minimum atomic E-state index is 0.545. The van der Waals surface area contributed by atoms with E-state index in [2.05, 4.69) is 28.7 Å². The predicted molar refractivity (Wildman–Crippen MR) is 94.1 cm³/mol. The molecule has 1 aliphatic heterocycles. The van der Waals surface area contributed by atoms with E-state index in [9.17, 15) is 0 Å². The summed E-state index contributed by atoms with van der Waals surface area (Å²) in [6, 6.07) is 1.58. The molecule has 0 radical (unpaired) electrons. The van der Waals surface area contributed by atoms with Gasteiger partial charge in [-0.25, -0.2) is 0 Å². The fourth-order valence-corrected chi connectivity index (χ4v) is 5.86. The zero-order valence-corrected chi connectivity index (χ0v) is 14.6. The van der Waals surface area contributed by atoms with Gasteiger partial charge in [-0.2, -0.15) is 11.8 Å². The molecule has 0 aromatic rings. The van der Waals surface area contributed by atoms with Gasteiger partial charge < -0.3 is 10.6 Å². The molecule has 3 rings (SSSR count). The number of thioether (sulfide) groups is 1. The van der Waals surface area contributed by atoms with Gasteiger partial charge in [0, 0.05) is 23.4 Å². The Bertz CT molecular complexity index is 308. The maximum absolute atomic E-state index is 4.05. The first kappa shape index (κ1) is 16.1. The molecule has 0 amide bonds. The zero-order valence-electron chi connectivity index (χ0n) is 13.8. The minimum Gasteiger partial charge on any atom is -0.314 e. The molecule has 2 nitrogen and oxygen atoms in total. The highest BCUT2D eigenvalue weighted by Crippen LogP contribution is 2.39. The Labute approximate surface area is 135 Å². The molecule has 2 N–H and O–H groups in total. The van der Waals surface area contributed by atoms with E-state index in [4.69, 9.17) is 0 Å². The van der Waals surface area contributed by atoms with E-state index in [1.165, 1.54) is 83.7 Å². The lowest BCUT2D eigenvalue weighted by Crippen LogP contribution is -2.51. The first-order chi connectivity index (χ1) is 10.3. The van der Waals surface area contributed by atoms with Gasteiger partial charge >= 0.3 is 0 Å². The minimum absolute atomic E-state index is 0.545. The van der Waals surface area contributed by atoms with E-state index in [1.54, 1.807) is 0 Å². The molecular weight excluding hydrogens is 276 g/mol. The van der Waals surface area contributed by atoms with Crippen molar-refractivity contribution in [1.29, 1.82) is 0 Å². The molecule has 3 fully saturated rings. The number of nitrogens with one attached hydrogen (secondary N) is 2. The largest absolute Gasteiger partial charge is 0.314 e. The van der Waals surface area contributed by atoms with Crippen molar-refractivity contribution in [2.24, 2.45) is 5.92 Å². The van der Waals surface area contributed by atoms with Crippen molar-refractivity contribution < 1.29 is 0 Å². The van der Waals surface area contributed by atoms with Crippen LogP contribution in [-0.2, 0) is 0 Å². The number of hydrogen-bond acceptors (Lipinski definition) is 3. The third-order valence-corrected chi connectivity index (χ3v) is 7.74. The molecule has 3 heteroatoms. The predicted octanol–water partition coefficient (Wildman–Crippen LogP) is 3.95. The topological polar surface area (TPSA) is 24.1 Å². The Morgan fingerprint density at radius 1 is 1.00 bits per heavy atom. The molecule has 3 atom stereocenters. The van der Waals surface area contributed by atoms with Crippen molar-refractivity contribution in [3.63, 3.8) is 0 Å². The molecule has 3 unspecified atom stereocenters. The molecular formula is C18H34N2S. The van der Waals surface area contributed by atoms with Crippen LogP contribution in [0.15, 0.2) is 0 Å². The van der Waals surface area contributed by atoms with Crippen LogP contribution in [0.25, 0.3) is 0 Å². The summed E-state index contributed by atoms with van der Waals surface area (Å²) in [6.07, 6.45) is 18.1. The average molecular weight is 311 g/mol. The first-order valence-electron chi connectivity index (χ1n) is 9.35. The average Bonchev–Trinajstić information content (AvgIpc) is 3.08. The number of rotatable bonds is 5. The Hall–Kier alpha value is 0.270. The summed E-state index contributed by atoms with van der Waals surface area (Å²) in [5, 5.41) is 7.82. The van der Waals surface area contributed by atoms with Crippen molar-refractivity contribution in [2.75, 3.05) is 19.3 Å². The van der Waals surface area contributed by atoms with Crippen molar-refractivity contribution in [3.05, 3.63) is 0 Å². The van der Waals surface area contributed by atoms with Crippen LogP contribution < -0.4 is 10.6 Å². The Balaban J connectivity index is 1.56. The lowest BCUT2D eigenvalue weighted by Gasteiger charge is -2.41. The Morgan fingerprint density at radius 3 is 2.52 bits per heavy atom. The second kappa shape index (κ2) is 7.70. The standard InChI is InChI=1S/C18H34N2S/c1-21-18(11-5-2-6-12-18)14-20-17-9-4-3-8-15(17)16-10-7-13-19-16/h15-17,19-20H,2-14H2,1H3. The van der Waals surface area contributed by atoms with E-state index in [1.807, 2.05) is 0 Å². The SMILES string of the molecule is CSC1(CNC2CCCCC2C2CCCN2)CCCCC1. The molecule has 3 aliphatic rings. The fraction of sp³-hybridized carbons (Fsp3) is 1.00. The lowest BCUT2D eigenvalue weighted by molar-refractivity contribution is 0.206. The van der Waals surface area contributed by atoms with Crippen molar-refractivity contribution in [1.82, 2.24) is 10.6 Å². The van der Waals surface area contributed by atoms with Crippen LogP contribution >= 0.6 is 11.8 Å². The van der Waals surface area contributed by atoms with Gasteiger partial charge in [0.1, 0.15) is 0 Å². The van der Waals surface area contributed by atoms with Gasteiger partial charge in [-0.3, -0.25) is 0 Å². The van der Waals surface area contributed by atoms with Crippen molar-refractivity contribution in [3.8, 4) is 0 Å². The third-order valence-electron chi connectivity index (χ3n) is 6.32. The van der Waals surface area contributed by atoms with E-state index in [0.717, 1.165) is 18.0 Å². The fourth-order valence-electron chi connectivity index (χ4n) is 4.94. The van der Waals surface area contributed by atoms with Crippen LogP contribution in [0.2, 0.25) is 0 Å². The summed E-state index contributed by atoms with van der Waals surface area (Å²) in [4.78, 5) is 0. The van der Waals surface area contributed by atoms with Gasteiger partial charge in [-0.1, -0.05) is 32.1 Å². The highest BCUT2D eigenvalue weighted by molar-refractivity contribution is 8.00. The normalized spacial score (nSPS) is 36.7. The van der Waals surface area contributed by atoms with Gasteiger partial charge in [0.25, 0.3) is 0 Å². The summed E-state index contributed by atoms with van der Waals surface area (Å²) >= 11 is 2.14. The molecule has 1 saturated heterocycles. The van der Waals surface area contributed by atoms with Crippen molar-refractivity contribution >= 4 is 11.8 Å². The molecule has 0 bridgehead atoms. The van der Waals surface area contributed by atoms with E-state index < -0.39 is 0 Å². The van der Waals surface area contributed by atoms with Gasteiger partial charge in [-0.15, -0.1) is 0 Å². The molecule has 21 heavy (non-hydrogen) atoms. The zero-order chi connectivity index (χ0) is 14.5. The van der Waals surface area contributed by atoms with Crippen LogP contribution in [0.4, 0.5) is 0 Å². The second-order valence-corrected chi connectivity index (χ2v) is 8.86. The van der Waals surface area contributed by atoms with Crippen LogP contribution in [0, 0.1) is 5.92 Å². The monoisotopic (exact) mass is 310 g/mol. The van der Waals surface area contributed by atoms with Gasteiger partial charge in [0.05, 0.1) is 0 Å². The Morgan fingerprint density at radius 2 is 1.81 bits per heavy atom. The van der Waals surface area contributed by atoms with E-state index in [-0.39, 0.29) is 0 Å². The molecule has 0 aromatic heterocycles. The van der Waals surface area contributed by atoms with Crippen LogP contribution in [-0.4, -0.2) is 36.2 Å². The lowest BCUT2D eigenvalue weighted by atomic mass is 9.78.